The molecule has 1 aromatic carbocycles. The van der Waals surface area contributed by atoms with Crippen LogP contribution in [0.5, 0.6) is 0 Å². The molecule has 2 fully saturated rings. The molecule has 2 N–H and O–H groups in total. The van der Waals surface area contributed by atoms with E-state index in [1.54, 1.807) is 24.3 Å². The van der Waals surface area contributed by atoms with Crippen molar-refractivity contribution in [2.45, 2.75) is 38.7 Å². The number of likely N-dealkylation sites (tertiary alicyclic amines) is 1. The summed E-state index contributed by atoms with van der Waals surface area (Å²) >= 11 is 0. The standard InChI is InChI=1S/C19H22N2O5/c20-17(23)13-7-5-12(6-8-13)11-26-16(22)9-10-21-18(24)14-3-1-2-4-15(14)19(21)25/h5-8,14-15H,1-4,9-11H2,(H2,20,23)/t14-,15-/m1/s1. The molecule has 26 heavy (non-hydrogen) atoms. The number of hydrogen-bond acceptors (Lipinski definition) is 5. The molecule has 2 aliphatic rings. The van der Waals surface area contributed by atoms with Gasteiger partial charge in [-0.1, -0.05) is 25.0 Å². The van der Waals surface area contributed by atoms with Crippen LogP contribution in [-0.2, 0) is 25.7 Å². The molecular formula is C19H22N2O5. The minimum atomic E-state index is -0.519. The molecule has 0 unspecified atom stereocenters. The summed E-state index contributed by atoms with van der Waals surface area (Å²) in [5, 5.41) is 0. The van der Waals surface area contributed by atoms with Crippen LogP contribution in [0.3, 0.4) is 0 Å². The van der Waals surface area contributed by atoms with Crippen LogP contribution >= 0.6 is 0 Å². The second kappa shape index (κ2) is 7.68. The number of hydrogen-bond donors (Lipinski definition) is 1. The number of carbonyl (C=O) groups is 4. The molecule has 3 rings (SSSR count). The maximum absolute atomic E-state index is 12.3. The fraction of sp³-hybridized carbons (Fsp3) is 0.474. The van der Waals surface area contributed by atoms with Gasteiger partial charge in [-0.3, -0.25) is 24.1 Å². The Morgan fingerprint density at radius 3 is 2.15 bits per heavy atom. The number of fused-ring (bicyclic) bond motifs is 1. The highest BCUT2D eigenvalue weighted by Gasteiger charge is 2.47. The Balaban J connectivity index is 1.47. The first kappa shape index (κ1) is 18.1. The van der Waals surface area contributed by atoms with E-state index in [-0.39, 0.29) is 43.2 Å². The summed E-state index contributed by atoms with van der Waals surface area (Å²) < 4.78 is 5.17. The quantitative estimate of drug-likeness (QED) is 0.611. The Hall–Kier alpha value is -2.70. The van der Waals surface area contributed by atoms with Gasteiger partial charge < -0.3 is 10.5 Å². The zero-order valence-corrected chi connectivity index (χ0v) is 14.5. The number of nitrogens with zero attached hydrogens (tertiary/aromatic N) is 1. The fourth-order valence-corrected chi connectivity index (χ4v) is 3.66. The minimum absolute atomic E-state index is 0.0176. The molecule has 3 amide bonds. The van der Waals surface area contributed by atoms with Gasteiger partial charge in [-0.05, 0) is 30.5 Å². The molecule has 1 saturated carbocycles. The lowest BCUT2D eigenvalue weighted by Crippen LogP contribution is -2.33. The zero-order valence-electron chi connectivity index (χ0n) is 14.5. The summed E-state index contributed by atoms with van der Waals surface area (Å²) in [5.74, 6) is -1.68. The smallest absolute Gasteiger partial charge is 0.307 e. The Kier molecular flexibility index (Phi) is 5.35. The lowest BCUT2D eigenvalue weighted by atomic mass is 9.81. The van der Waals surface area contributed by atoms with E-state index in [1.165, 1.54) is 4.90 Å². The average Bonchev–Trinajstić information content (AvgIpc) is 2.89. The first-order valence-corrected chi connectivity index (χ1v) is 8.87. The molecule has 1 aromatic rings. The van der Waals surface area contributed by atoms with Crippen molar-refractivity contribution >= 4 is 23.7 Å². The van der Waals surface area contributed by atoms with E-state index in [2.05, 4.69) is 0 Å². The summed E-state index contributed by atoms with van der Waals surface area (Å²) in [6, 6.07) is 6.45. The van der Waals surface area contributed by atoms with Crippen molar-refractivity contribution in [2.75, 3.05) is 6.54 Å². The first-order valence-electron chi connectivity index (χ1n) is 8.87. The van der Waals surface area contributed by atoms with Crippen LogP contribution < -0.4 is 5.73 Å². The molecular weight excluding hydrogens is 336 g/mol. The highest BCUT2D eigenvalue weighted by molar-refractivity contribution is 6.05. The van der Waals surface area contributed by atoms with E-state index in [0.29, 0.717) is 5.56 Å². The topological polar surface area (TPSA) is 107 Å². The Bertz CT molecular complexity index is 704. The average molecular weight is 358 g/mol. The Morgan fingerprint density at radius 1 is 1.04 bits per heavy atom. The van der Waals surface area contributed by atoms with Crippen LogP contribution in [0.2, 0.25) is 0 Å². The van der Waals surface area contributed by atoms with Crippen LogP contribution in [0.25, 0.3) is 0 Å². The minimum Gasteiger partial charge on any atom is -0.461 e. The summed E-state index contributed by atoms with van der Waals surface area (Å²) in [6.07, 6.45) is 3.46. The summed E-state index contributed by atoms with van der Waals surface area (Å²) in [4.78, 5) is 48.9. The molecule has 7 nitrogen and oxygen atoms in total. The van der Waals surface area contributed by atoms with Crippen LogP contribution in [0.4, 0.5) is 0 Å². The maximum atomic E-state index is 12.3. The molecule has 0 bridgehead atoms. The van der Waals surface area contributed by atoms with Crippen molar-refractivity contribution in [3.63, 3.8) is 0 Å². The van der Waals surface area contributed by atoms with Crippen molar-refractivity contribution in [3.05, 3.63) is 35.4 Å². The number of nitrogens with two attached hydrogens (primary N) is 1. The van der Waals surface area contributed by atoms with Gasteiger partial charge >= 0.3 is 5.97 Å². The van der Waals surface area contributed by atoms with Crippen molar-refractivity contribution < 1.29 is 23.9 Å². The molecule has 1 saturated heterocycles. The first-order chi connectivity index (χ1) is 12.5. The number of imide groups is 1. The monoisotopic (exact) mass is 358 g/mol. The normalized spacial score (nSPS) is 22.2. The predicted molar refractivity (Wildman–Crippen MR) is 91.5 cm³/mol. The number of benzene rings is 1. The van der Waals surface area contributed by atoms with Crippen LogP contribution in [0, 0.1) is 11.8 Å². The summed E-state index contributed by atoms with van der Waals surface area (Å²) in [6.45, 7) is 0.134. The zero-order chi connectivity index (χ0) is 18.7. The van der Waals surface area contributed by atoms with E-state index in [4.69, 9.17) is 10.5 Å². The molecule has 1 aliphatic heterocycles. The highest BCUT2D eigenvalue weighted by atomic mass is 16.5. The van der Waals surface area contributed by atoms with Gasteiger partial charge in [0.25, 0.3) is 0 Å². The molecule has 0 spiro atoms. The number of esters is 1. The third-order valence-corrected chi connectivity index (χ3v) is 5.11. The molecule has 0 radical (unpaired) electrons. The number of ether oxygens (including phenoxy) is 1. The molecule has 7 heteroatoms. The SMILES string of the molecule is NC(=O)c1ccc(COC(=O)CCN2C(=O)[C@@H]3CCCC[C@H]3C2=O)cc1. The second-order valence-corrected chi connectivity index (χ2v) is 6.80. The predicted octanol–water partition coefficient (Wildman–Crippen LogP) is 1.39. The maximum Gasteiger partial charge on any atom is 0.307 e. The lowest BCUT2D eigenvalue weighted by molar-refractivity contribution is -0.146. The van der Waals surface area contributed by atoms with Gasteiger partial charge in [0.05, 0.1) is 18.3 Å². The molecule has 1 heterocycles. The summed E-state index contributed by atoms with van der Waals surface area (Å²) in [7, 11) is 0. The van der Waals surface area contributed by atoms with Crippen LogP contribution in [-0.4, -0.2) is 35.1 Å². The second-order valence-electron chi connectivity index (χ2n) is 6.80. The van der Waals surface area contributed by atoms with Crippen molar-refractivity contribution in [3.8, 4) is 0 Å². The van der Waals surface area contributed by atoms with Gasteiger partial charge in [-0.15, -0.1) is 0 Å². The lowest BCUT2D eigenvalue weighted by Gasteiger charge is -2.19. The van der Waals surface area contributed by atoms with Crippen molar-refractivity contribution in [1.29, 1.82) is 0 Å². The van der Waals surface area contributed by atoms with E-state index in [1.807, 2.05) is 0 Å². The molecule has 0 aromatic heterocycles. The molecule has 1 aliphatic carbocycles. The van der Waals surface area contributed by atoms with Crippen LogP contribution in [0.1, 0.15) is 48.0 Å². The molecule has 138 valence electrons. The van der Waals surface area contributed by atoms with Crippen molar-refractivity contribution in [2.24, 2.45) is 17.6 Å². The van der Waals surface area contributed by atoms with Crippen molar-refractivity contribution in [1.82, 2.24) is 4.90 Å². The van der Waals surface area contributed by atoms with Gasteiger partial charge in [0.2, 0.25) is 17.7 Å². The largest absolute Gasteiger partial charge is 0.461 e. The van der Waals surface area contributed by atoms with Gasteiger partial charge in [-0.25, -0.2) is 0 Å². The third kappa shape index (κ3) is 3.76. The number of carbonyl (C=O) groups excluding carboxylic acids is 4. The number of rotatable bonds is 6. The summed E-state index contributed by atoms with van der Waals surface area (Å²) in [5.41, 5.74) is 6.27. The Labute approximate surface area is 151 Å². The van der Waals surface area contributed by atoms with Crippen LogP contribution in [0.15, 0.2) is 24.3 Å². The molecule has 2 atom stereocenters. The number of amides is 3. The van der Waals surface area contributed by atoms with Gasteiger partial charge in [-0.2, -0.15) is 0 Å². The number of primary amides is 1. The highest BCUT2D eigenvalue weighted by Crippen LogP contribution is 2.37. The van der Waals surface area contributed by atoms with E-state index < -0.39 is 11.9 Å². The van der Waals surface area contributed by atoms with E-state index in [0.717, 1.165) is 31.2 Å². The van der Waals surface area contributed by atoms with E-state index >= 15 is 0 Å². The Morgan fingerprint density at radius 2 is 1.62 bits per heavy atom. The van der Waals surface area contributed by atoms with Gasteiger partial charge in [0.15, 0.2) is 0 Å². The van der Waals surface area contributed by atoms with Gasteiger partial charge in [0, 0.05) is 12.1 Å². The third-order valence-electron chi connectivity index (χ3n) is 5.11. The fourth-order valence-electron chi connectivity index (χ4n) is 3.66. The van der Waals surface area contributed by atoms with E-state index in [9.17, 15) is 19.2 Å². The van der Waals surface area contributed by atoms with Gasteiger partial charge in [0.1, 0.15) is 6.61 Å².